The lowest BCUT2D eigenvalue weighted by molar-refractivity contribution is 0.0558. The molecule has 0 bridgehead atoms. The first-order valence-corrected chi connectivity index (χ1v) is 6.07. The zero-order valence-corrected chi connectivity index (χ0v) is 10.6. The molecular formula is C13H19NO3. The predicted octanol–water partition coefficient (Wildman–Crippen LogP) is 2.61. The van der Waals surface area contributed by atoms with Crippen molar-refractivity contribution in [1.29, 1.82) is 0 Å². The van der Waals surface area contributed by atoms with E-state index in [1.807, 2.05) is 6.07 Å². The van der Waals surface area contributed by atoms with Gasteiger partial charge in [0.2, 0.25) is 5.76 Å². The predicted molar refractivity (Wildman–Crippen MR) is 63.9 cm³/mol. The fourth-order valence-electron chi connectivity index (χ4n) is 2.48. The maximum absolute atomic E-state index is 11.3. The highest BCUT2D eigenvalue weighted by molar-refractivity contribution is 5.86. The smallest absolute Gasteiger partial charge is 0.373 e. The normalized spacial score (nSPS) is 22.6. The van der Waals surface area contributed by atoms with Gasteiger partial charge in [-0.05, 0) is 45.4 Å². The van der Waals surface area contributed by atoms with Gasteiger partial charge < -0.3 is 9.15 Å². The van der Waals surface area contributed by atoms with Gasteiger partial charge in [-0.15, -0.1) is 0 Å². The summed E-state index contributed by atoms with van der Waals surface area (Å²) in [4.78, 5) is 13.7. The van der Waals surface area contributed by atoms with Crippen LogP contribution in [-0.4, -0.2) is 30.6 Å². The number of methoxy groups -OCH3 is 1. The van der Waals surface area contributed by atoms with Gasteiger partial charge in [-0.25, -0.2) is 4.79 Å². The maximum atomic E-state index is 11.3. The summed E-state index contributed by atoms with van der Waals surface area (Å²) in [6, 6.07) is 4.34. The lowest BCUT2D eigenvalue weighted by Gasteiger charge is -2.26. The van der Waals surface area contributed by atoms with Gasteiger partial charge in [0.05, 0.1) is 13.2 Å². The average Bonchev–Trinajstić information content (AvgIpc) is 2.95. The van der Waals surface area contributed by atoms with E-state index in [4.69, 9.17) is 4.42 Å². The summed E-state index contributed by atoms with van der Waals surface area (Å²) in [5, 5.41) is 0. The quantitative estimate of drug-likeness (QED) is 0.758. The van der Waals surface area contributed by atoms with Gasteiger partial charge in [-0.3, -0.25) is 4.90 Å². The molecule has 0 amide bonds. The number of ether oxygens (including phenoxy) is 1. The zero-order chi connectivity index (χ0) is 12.4. The van der Waals surface area contributed by atoms with Crippen LogP contribution in [-0.2, 0) is 4.74 Å². The fraction of sp³-hybridized carbons (Fsp3) is 0.615. The van der Waals surface area contributed by atoms with Crippen LogP contribution in [0.4, 0.5) is 0 Å². The van der Waals surface area contributed by atoms with E-state index < -0.39 is 5.97 Å². The Balaban J connectivity index is 2.11. The standard InChI is InChI=1S/C13H19NO3/c1-9-5-4-8-14(9)10(2)11-6-7-12(17-11)13(15)16-3/h6-7,9-10H,4-5,8H2,1-3H3. The Bertz CT molecular complexity index is 399. The number of likely N-dealkylation sites (tertiary alicyclic amines) is 1. The molecular weight excluding hydrogens is 218 g/mol. The summed E-state index contributed by atoms with van der Waals surface area (Å²) in [6.07, 6.45) is 2.46. The molecule has 1 fully saturated rings. The molecule has 0 spiro atoms. The van der Waals surface area contributed by atoms with E-state index in [-0.39, 0.29) is 11.8 Å². The van der Waals surface area contributed by atoms with E-state index >= 15 is 0 Å². The molecule has 1 aromatic heterocycles. The van der Waals surface area contributed by atoms with Gasteiger partial charge >= 0.3 is 5.97 Å². The second kappa shape index (κ2) is 4.92. The molecule has 2 atom stereocenters. The van der Waals surface area contributed by atoms with Gasteiger partial charge in [-0.1, -0.05) is 0 Å². The van der Waals surface area contributed by atoms with Crippen LogP contribution in [0.2, 0.25) is 0 Å². The number of hydrogen-bond donors (Lipinski definition) is 0. The summed E-state index contributed by atoms with van der Waals surface area (Å²) >= 11 is 0. The molecule has 0 N–H and O–H groups in total. The van der Waals surface area contributed by atoms with Crippen LogP contribution in [0.3, 0.4) is 0 Å². The topological polar surface area (TPSA) is 42.7 Å². The van der Waals surface area contributed by atoms with Crippen molar-refractivity contribution in [2.75, 3.05) is 13.7 Å². The Morgan fingerprint density at radius 3 is 2.94 bits per heavy atom. The molecule has 2 heterocycles. The van der Waals surface area contributed by atoms with Crippen molar-refractivity contribution in [1.82, 2.24) is 4.90 Å². The number of esters is 1. The van der Waals surface area contributed by atoms with E-state index in [1.165, 1.54) is 20.0 Å². The van der Waals surface area contributed by atoms with Crippen molar-refractivity contribution < 1.29 is 13.9 Å². The zero-order valence-electron chi connectivity index (χ0n) is 10.6. The second-order valence-electron chi connectivity index (χ2n) is 4.60. The third-order valence-corrected chi connectivity index (χ3v) is 3.53. The van der Waals surface area contributed by atoms with Crippen LogP contribution in [0.1, 0.15) is 49.0 Å². The largest absolute Gasteiger partial charge is 0.463 e. The number of rotatable bonds is 3. The number of carbonyl (C=O) groups excluding carboxylic acids is 1. The van der Waals surface area contributed by atoms with E-state index in [1.54, 1.807) is 6.07 Å². The Labute approximate surface area is 102 Å². The van der Waals surface area contributed by atoms with E-state index in [2.05, 4.69) is 23.5 Å². The number of nitrogens with zero attached hydrogens (tertiary/aromatic N) is 1. The summed E-state index contributed by atoms with van der Waals surface area (Å²) < 4.78 is 10.2. The molecule has 0 aliphatic carbocycles. The van der Waals surface area contributed by atoms with Crippen LogP contribution in [0.25, 0.3) is 0 Å². The molecule has 1 saturated heterocycles. The van der Waals surface area contributed by atoms with Crippen molar-refractivity contribution in [3.8, 4) is 0 Å². The third kappa shape index (κ3) is 2.36. The van der Waals surface area contributed by atoms with E-state index in [0.717, 1.165) is 12.3 Å². The monoisotopic (exact) mass is 237 g/mol. The summed E-state index contributed by atoms with van der Waals surface area (Å²) in [7, 11) is 1.36. The first kappa shape index (κ1) is 12.2. The molecule has 0 aromatic carbocycles. The maximum Gasteiger partial charge on any atom is 0.373 e. The summed E-state index contributed by atoms with van der Waals surface area (Å²) in [5.41, 5.74) is 0. The lowest BCUT2D eigenvalue weighted by atomic mass is 10.2. The van der Waals surface area contributed by atoms with E-state index in [9.17, 15) is 4.79 Å². The highest BCUT2D eigenvalue weighted by atomic mass is 16.5. The summed E-state index contributed by atoms with van der Waals surface area (Å²) in [6.45, 7) is 5.44. The van der Waals surface area contributed by atoms with Crippen molar-refractivity contribution in [2.45, 2.75) is 38.8 Å². The Hall–Kier alpha value is -1.29. The summed E-state index contributed by atoms with van der Waals surface area (Å²) in [5.74, 6) is 0.693. The Morgan fingerprint density at radius 2 is 2.35 bits per heavy atom. The molecule has 1 aliphatic rings. The molecule has 0 saturated carbocycles. The molecule has 1 aromatic rings. The second-order valence-corrected chi connectivity index (χ2v) is 4.60. The molecule has 1 aliphatic heterocycles. The van der Waals surface area contributed by atoms with Crippen LogP contribution in [0, 0.1) is 0 Å². The van der Waals surface area contributed by atoms with Crippen LogP contribution < -0.4 is 0 Å². The molecule has 17 heavy (non-hydrogen) atoms. The molecule has 94 valence electrons. The van der Waals surface area contributed by atoms with Gasteiger partial charge in [-0.2, -0.15) is 0 Å². The highest BCUT2D eigenvalue weighted by Crippen LogP contribution is 2.29. The minimum atomic E-state index is -0.419. The van der Waals surface area contributed by atoms with Crippen LogP contribution in [0.15, 0.2) is 16.5 Å². The Morgan fingerprint density at radius 1 is 1.59 bits per heavy atom. The minimum Gasteiger partial charge on any atom is -0.463 e. The van der Waals surface area contributed by atoms with Crippen molar-refractivity contribution in [2.24, 2.45) is 0 Å². The molecule has 2 unspecified atom stereocenters. The number of furan rings is 1. The van der Waals surface area contributed by atoms with Crippen LogP contribution >= 0.6 is 0 Å². The van der Waals surface area contributed by atoms with Gasteiger partial charge in [0.15, 0.2) is 0 Å². The minimum absolute atomic E-state index is 0.214. The van der Waals surface area contributed by atoms with Crippen LogP contribution in [0.5, 0.6) is 0 Å². The molecule has 4 nitrogen and oxygen atoms in total. The molecule has 2 rings (SSSR count). The van der Waals surface area contributed by atoms with Crippen molar-refractivity contribution in [3.63, 3.8) is 0 Å². The van der Waals surface area contributed by atoms with Crippen molar-refractivity contribution in [3.05, 3.63) is 23.7 Å². The lowest BCUT2D eigenvalue weighted by Crippen LogP contribution is -2.29. The van der Waals surface area contributed by atoms with E-state index in [0.29, 0.717) is 6.04 Å². The van der Waals surface area contributed by atoms with Gasteiger partial charge in [0.25, 0.3) is 0 Å². The first-order valence-electron chi connectivity index (χ1n) is 6.07. The molecule has 4 heteroatoms. The van der Waals surface area contributed by atoms with Gasteiger partial charge in [0, 0.05) is 6.04 Å². The number of carbonyl (C=O) groups is 1. The Kier molecular flexibility index (Phi) is 3.52. The molecule has 0 radical (unpaired) electrons. The first-order chi connectivity index (χ1) is 8.13. The van der Waals surface area contributed by atoms with Crippen molar-refractivity contribution >= 4 is 5.97 Å². The number of hydrogen-bond acceptors (Lipinski definition) is 4. The fourth-order valence-corrected chi connectivity index (χ4v) is 2.48. The highest BCUT2D eigenvalue weighted by Gasteiger charge is 2.28. The van der Waals surface area contributed by atoms with Gasteiger partial charge in [0.1, 0.15) is 5.76 Å². The average molecular weight is 237 g/mol. The SMILES string of the molecule is COC(=O)c1ccc(C(C)N2CCCC2C)o1. The third-order valence-electron chi connectivity index (χ3n) is 3.53.